The van der Waals surface area contributed by atoms with E-state index >= 15 is 0 Å². The van der Waals surface area contributed by atoms with Gasteiger partial charge in [-0.05, 0) is 17.7 Å². The molecule has 32 heavy (non-hydrogen) atoms. The van der Waals surface area contributed by atoms with Gasteiger partial charge in [-0.15, -0.1) is 0 Å². The maximum Gasteiger partial charge on any atom is 0.330 e. The van der Waals surface area contributed by atoms with Crippen molar-refractivity contribution in [2.24, 2.45) is 0 Å². The van der Waals surface area contributed by atoms with Gasteiger partial charge in [0.05, 0.1) is 26.1 Å². The summed E-state index contributed by atoms with van der Waals surface area (Å²) in [7, 11) is 1.46. The summed E-state index contributed by atoms with van der Waals surface area (Å²) in [5.41, 5.74) is 5.11. The lowest BCUT2D eigenvalue weighted by Crippen LogP contribution is -2.41. The first-order valence-electron chi connectivity index (χ1n) is 9.72. The van der Waals surface area contributed by atoms with Crippen LogP contribution in [0.25, 0.3) is 0 Å². The van der Waals surface area contributed by atoms with E-state index in [2.05, 4.69) is 4.98 Å². The lowest BCUT2D eigenvalue weighted by Gasteiger charge is -2.25. The minimum absolute atomic E-state index is 0.0000622. The Bertz CT molecular complexity index is 1210. The number of nitrogen functional groups attached to an aromatic ring is 1. The quantitative estimate of drug-likeness (QED) is 0.536. The number of amides is 1. The van der Waals surface area contributed by atoms with E-state index in [9.17, 15) is 18.8 Å². The van der Waals surface area contributed by atoms with Crippen LogP contribution in [0.15, 0.2) is 58.1 Å². The predicted octanol–water partition coefficient (Wildman–Crippen LogP) is 2.33. The second-order valence-electron chi connectivity index (χ2n) is 6.98. The Labute approximate surface area is 188 Å². The van der Waals surface area contributed by atoms with Crippen molar-refractivity contribution in [1.29, 1.82) is 0 Å². The second kappa shape index (κ2) is 10.3. The molecule has 1 amide bonds. The van der Waals surface area contributed by atoms with Gasteiger partial charge >= 0.3 is 5.69 Å². The number of aromatic nitrogens is 2. The van der Waals surface area contributed by atoms with Gasteiger partial charge in [0.25, 0.3) is 5.56 Å². The van der Waals surface area contributed by atoms with Crippen molar-refractivity contribution in [3.05, 3.63) is 91.3 Å². The average molecular weight is 461 g/mol. The number of halogens is 2. The van der Waals surface area contributed by atoms with Crippen molar-refractivity contribution in [2.45, 2.75) is 19.5 Å². The van der Waals surface area contributed by atoms with Crippen molar-refractivity contribution in [3.63, 3.8) is 0 Å². The summed E-state index contributed by atoms with van der Waals surface area (Å²) in [6, 6.07) is 13.0. The molecule has 3 aromatic rings. The molecule has 0 saturated heterocycles. The molecule has 0 aliphatic carbocycles. The standard InChI is InChI=1S/C22H22ClFN4O4/c1-32-11-10-27-20(25)19(21(30)26-22(27)31)28(13-14-6-3-2-4-7-14)18(29)12-15-16(23)8-5-9-17(15)24/h2-9H,10-13,25H2,1H3,(H,26,30,31). The van der Waals surface area contributed by atoms with Gasteiger partial charge in [-0.1, -0.05) is 48.0 Å². The van der Waals surface area contributed by atoms with Crippen molar-refractivity contribution < 1.29 is 13.9 Å². The minimum Gasteiger partial charge on any atom is -0.383 e. The Kier molecular flexibility index (Phi) is 7.45. The third-order valence-electron chi connectivity index (χ3n) is 4.88. The smallest absolute Gasteiger partial charge is 0.330 e. The number of ether oxygens (including phenoxy) is 1. The van der Waals surface area contributed by atoms with Gasteiger partial charge in [-0.2, -0.15) is 0 Å². The number of methoxy groups -OCH3 is 1. The van der Waals surface area contributed by atoms with Gasteiger partial charge in [0.1, 0.15) is 11.6 Å². The van der Waals surface area contributed by atoms with Crippen LogP contribution in [0.1, 0.15) is 11.1 Å². The number of hydrogen-bond donors (Lipinski definition) is 2. The van der Waals surface area contributed by atoms with E-state index in [0.717, 1.165) is 9.47 Å². The fourth-order valence-corrected chi connectivity index (χ4v) is 3.48. The maximum atomic E-state index is 14.3. The summed E-state index contributed by atoms with van der Waals surface area (Å²) < 4.78 is 20.4. The summed E-state index contributed by atoms with van der Waals surface area (Å²) in [5.74, 6) is -1.45. The molecule has 0 aliphatic rings. The van der Waals surface area contributed by atoms with Crippen LogP contribution in [0.2, 0.25) is 5.02 Å². The topological polar surface area (TPSA) is 110 Å². The SMILES string of the molecule is COCCn1c(N)c(N(Cc2ccccc2)C(=O)Cc2c(F)cccc2Cl)c(=O)[nH]c1=O. The zero-order valence-electron chi connectivity index (χ0n) is 17.3. The molecule has 1 heterocycles. The molecule has 0 bridgehead atoms. The van der Waals surface area contributed by atoms with Gasteiger partial charge in [-0.3, -0.25) is 24.0 Å². The van der Waals surface area contributed by atoms with Gasteiger partial charge in [-0.25, -0.2) is 9.18 Å². The number of benzene rings is 2. The summed E-state index contributed by atoms with van der Waals surface area (Å²) in [6.45, 7) is 0.200. The molecule has 168 valence electrons. The molecule has 1 aromatic heterocycles. The number of carbonyl (C=O) groups is 1. The zero-order chi connectivity index (χ0) is 23.3. The van der Waals surface area contributed by atoms with E-state index in [1.54, 1.807) is 30.3 Å². The van der Waals surface area contributed by atoms with Crippen LogP contribution in [0.3, 0.4) is 0 Å². The normalized spacial score (nSPS) is 10.8. The highest BCUT2D eigenvalue weighted by Crippen LogP contribution is 2.24. The number of nitrogens with two attached hydrogens (primary N) is 1. The van der Waals surface area contributed by atoms with Crippen molar-refractivity contribution in [3.8, 4) is 0 Å². The number of nitrogens with one attached hydrogen (secondary N) is 1. The zero-order valence-corrected chi connectivity index (χ0v) is 18.1. The summed E-state index contributed by atoms with van der Waals surface area (Å²) in [6.07, 6.45) is -0.408. The van der Waals surface area contributed by atoms with Crippen molar-refractivity contribution >= 4 is 29.0 Å². The third kappa shape index (κ3) is 5.06. The van der Waals surface area contributed by atoms with Crippen LogP contribution in [0, 0.1) is 5.82 Å². The number of rotatable bonds is 8. The molecule has 2 aromatic carbocycles. The Morgan fingerprint density at radius 1 is 1.19 bits per heavy atom. The molecular weight excluding hydrogens is 439 g/mol. The molecular formula is C22H22ClFN4O4. The largest absolute Gasteiger partial charge is 0.383 e. The van der Waals surface area contributed by atoms with E-state index in [-0.39, 0.29) is 41.8 Å². The predicted molar refractivity (Wildman–Crippen MR) is 120 cm³/mol. The van der Waals surface area contributed by atoms with Gasteiger partial charge < -0.3 is 10.5 Å². The average Bonchev–Trinajstić information content (AvgIpc) is 2.76. The monoisotopic (exact) mass is 460 g/mol. The second-order valence-corrected chi connectivity index (χ2v) is 7.39. The molecule has 0 radical (unpaired) electrons. The Hall–Kier alpha value is -3.43. The molecule has 0 aliphatic heterocycles. The molecule has 3 rings (SSSR count). The van der Waals surface area contributed by atoms with Gasteiger partial charge in [0.15, 0.2) is 5.69 Å². The highest BCUT2D eigenvalue weighted by Gasteiger charge is 2.26. The molecule has 0 unspecified atom stereocenters. The number of nitrogens with zero attached hydrogens (tertiary/aromatic N) is 2. The Morgan fingerprint density at radius 3 is 2.56 bits per heavy atom. The van der Waals surface area contributed by atoms with Crippen LogP contribution in [-0.2, 0) is 29.0 Å². The molecule has 10 heteroatoms. The van der Waals surface area contributed by atoms with E-state index in [4.69, 9.17) is 22.1 Å². The van der Waals surface area contributed by atoms with E-state index in [0.29, 0.717) is 5.56 Å². The van der Waals surface area contributed by atoms with Crippen LogP contribution in [0.4, 0.5) is 15.9 Å². The number of H-pyrrole nitrogens is 1. The third-order valence-corrected chi connectivity index (χ3v) is 5.23. The Balaban J connectivity index is 2.10. The highest BCUT2D eigenvalue weighted by molar-refractivity contribution is 6.31. The molecule has 0 fully saturated rings. The molecule has 0 saturated carbocycles. The first-order valence-corrected chi connectivity index (χ1v) is 10.1. The van der Waals surface area contributed by atoms with Gasteiger partial charge in [0.2, 0.25) is 5.91 Å². The summed E-state index contributed by atoms with van der Waals surface area (Å²) >= 11 is 6.09. The number of carbonyl (C=O) groups excluding carboxylic acids is 1. The highest BCUT2D eigenvalue weighted by atomic mass is 35.5. The van der Waals surface area contributed by atoms with Crippen molar-refractivity contribution in [1.82, 2.24) is 9.55 Å². The first-order chi connectivity index (χ1) is 15.3. The van der Waals surface area contributed by atoms with E-state index in [1.165, 1.54) is 25.3 Å². The fraction of sp³-hybridized carbons (Fsp3) is 0.227. The fourth-order valence-electron chi connectivity index (χ4n) is 3.25. The molecule has 3 N–H and O–H groups in total. The van der Waals surface area contributed by atoms with Crippen LogP contribution >= 0.6 is 11.6 Å². The number of hydrogen-bond acceptors (Lipinski definition) is 5. The first kappa shape index (κ1) is 23.2. The van der Waals surface area contributed by atoms with E-state index in [1.807, 2.05) is 0 Å². The Morgan fingerprint density at radius 2 is 1.91 bits per heavy atom. The van der Waals surface area contributed by atoms with Crippen LogP contribution < -0.4 is 21.9 Å². The van der Waals surface area contributed by atoms with Crippen LogP contribution in [0.5, 0.6) is 0 Å². The molecule has 8 nitrogen and oxygen atoms in total. The summed E-state index contributed by atoms with van der Waals surface area (Å²) in [4.78, 5) is 41.6. The van der Waals surface area contributed by atoms with Gasteiger partial charge in [0, 0.05) is 17.7 Å². The number of aromatic amines is 1. The molecule has 0 spiro atoms. The number of anilines is 2. The minimum atomic E-state index is -0.829. The molecule has 0 atom stereocenters. The van der Waals surface area contributed by atoms with Crippen molar-refractivity contribution in [2.75, 3.05) is 24.4 Å². The lowest BCUT2D eigenvalue weighted by atomic mass is 10.1. The van der Waals surface area contributed by atoms with E-state index < -0.39 is 29.4 Å². The summed E-state index contributed by atoms with van der Waals surface area (Å²) in [5, 5.41) is 0.0879. The lowest BCUT2D eigenvalue weighted by molar-refractivity contribution is -0.118. The maximum absolute atomic E-state index is 14.3. The van der Waals surface area contributed by atoms with Crippen LogP contribution in [-0.4, -0.2) is 29.2 Å².